The summed E-state index contributed by atoms with van der Waals surface area (Å²) < 4.78 is 26.5. The molecule has 0 aromatic rings. The van der Waals surface area contributed by atoms with Crippen molar-refractivity contribution in [3.05, 3.63) is 0 Å². The van der Waals surface area contributed by atoms with E-state index in [1.807, 2.05) is 6.79 Å². The third-order valence-electron chi connectivity index (χ3n) is 3.61. The van der Waals surface area contributed by atoms with E-state index >= 15 is 0 Å². The Hall–Kier alpha value is -0.800. The summed E-state index contributed by atoms with van der Waals surface area (Å²) in [5.74, 6) is -3.16. The molecule has 0 radical (unpaired) electrons. The molecule has 15 heavy (non-hydrogen) atoms. The second-order valence-corrected chi connectivity index (χ2v) is 4.47. The largest absolute Gasteiger partial charge is 0.307 e. The molecule has 86 valence electrons. The van der Waals surface area contributed by atoms with Crippen molar-refractivity contribution in [1.82, 2.24) is 0 Å². The predicted molar refractivity (Wildman–Crippen MR) is 51.7 cm³/mol. The van der Waals surface area contributed by atoms with Crippen LogP contribution in [0.1, 0.15) is 32.6 Å². The number of ketones is 1. The molecule has 2 fully saturated rings. The van der Waals surface area contributed by atoms with Gasteiger partial charge in [-0.05, 0) is 18.8 Å². The van der Waals surface area contributed by atoms with Gasteiger partial charge in [-0.3, -0.25) is 4.79 Å². The summed E-state index contributed by atoms with van der Waals surface area (Å²) in [5, 5.41) is 0. The second-order valence-electron chi connectivity index (χ2n) is 4.47. The number of fused-ring (bicyclic) bond motifs is 1. The predicted octanol–water partition coefficient (Wildman–Crippen LogP) is 2.46. The van der Waals surface area contributed by atoms with Crippen LogP contribution in [0.15, 0.2) is 0 Å². The molecule has 0 aliphatic heterocycles. The lowest BCUT2D eigenvalue weighted by molar-refractivity contribution is -0.136. The molecule has 2 aliphatic rings. The SMILES string of the molecule is C=O.CC1CC2CCC(=O)C2CC1(F)F. The molecule has 2 nitrogen and oxygen atoms in total. The Morgan fingerprint density at radius 3 is 2.60 bits per heavy atom. The number of hydrogen-bond acceptors (Lipinski definition) is 2. The lowest BCUT2D eigenvalue weighted by Crippen LogP contribution is -2.39. The number of rotatable bonds is 0. The molecule has 0 amide bonds. The first-order valence-electron chi connectivity index (χ1n) is 5.20. The molecule has 0 aromatic carbocycles. The molecule has 3 unspecified atom stereocenters. The molecule has 0 N–H and O–H groups in total. The van der Waals surface area contributed by atoms with Gasteiger partial charge in [0.2, 0.25) is 0 Å². The van der Waals surface area contributed by atoms with Crippen molar-refractivity contribution in [2.75, 3.05) is 0 Å². The van der Waals surface area contributed by atoms with Gasteiger partial charge in [0.05, 0.1) is 0 Å². The molecule has 0 saturated heterocycles. The van der Waals surface area contributed by atoms with Gasteiger partial charge in [-0.25, -0.2) is 8.78 Å². The van der Waals surface area contributed by atoms with Gasteiger partial charge < -0.3 is 4.79 Å². The van der Waals surface area contributed by atoms with E-state index in [1.165, 1.54) is 0 Å². The zero-order valence-electron chi connectivity index (χ0n) is 8.84. The Morgan fingerprint density at radius 1 is 1.40 bits per heavy atom. The van der Waals surface area contributed by atoms with E-state index < -0.39 is 11.8 Å². The zero-order valence-corrected chi connectivity index (χ0v) is 8.84. The summed E-state index contributed by atoms with van der Waals surface area (Å²) >= 11 is 0. The summed E-state index contributed by atoms with van der Waals surface area (Å²) in [4.78, 5) is 19.3. The van der Waals surface area contributed by atoms with E-state index in [0.29, 0.717) is 12.8 Å². The van der Waals surface area contributed by atoms with Gasteiger partial charge in [0, 0.05) is 24.7 Å². The minimum Gasteiger partial charge on any atom is -0.307 e. The number of carbonyl (C=O) groups excluding carboxylic acids is 2. The topological polar surface area (TPSA) is 34.1 Å². The van der Waals surface area contributed by atoms with E-state index in [2.05, 4.69) is 0 Å². The molecular weight excluding hydrogens is 202 g/mol. The number of Topliss-reactive ketones (excluding diaryl/α,β-unsaturated/α-hetero) is 1. The van der Waals surface area contributed by atoms with Crippen molar-refractivity contribution < 1.29 is 18.4 Å². The number of halogens is 2. The van der Waals surface area contributed by atoms with Crippen molar-refractivity contribution in [2.24, 2.45) is 17.8 Å². The number of hydrogen-bond donors (Lipinski definition) is 0. The zero-order chi connectivity index (χ0) is 11.6. The van der Waals surface area contributed by atoms with Crippen LogP contribution in [-0.4, -0.2) is 18.5 Å². The van der Waals surface area contributed by atoms with Gasteiger partial charge in [0.25, 0.3) is 5.92 Å². The van der Waals surface area contributed by atoms with E-state index in [4.69, 9.17) is 4.79 Å². The Balaban J connectivity index is 0.000000531. The van der Waals surface area contributed by atoms with E-state index in [-0.39, 0.29) is 24.0 Å². The molecule has 3 atom stereocenters. The standard InChI is InChI=1S/C10H14F2O.CH2O/c1-6-4-7-2-3-9(13)8(7)5-10(6,11)12;1-2/h6-8H,2-5H2,1H3;1H2. The lowest BCUT2D eigenvalue weighted by Gasteiger charge is -2.35. The highest BCUT2D eigenvalue weighted by atomic mass is 19.3. The van der Waals surface area contributed by atoms with Crippen LogP contribution in [0.4, 0.5) is 8.78 Å². The van der Waals surface area contributed by atoms with Gasteiger partial charge in [0.15, 0.2) is 0 Å². The smallest absolute Gasteiger partial charge is 0.251 e. The maximum atomic E-state index is 13.3. The molecule has 0 heterocycles. The van der Waals surface area contributed by atoms with Gasteiger partial charge >= 0.3 is 0 Å². The summed E-state index contributed by atoms with van der Waals surface area (Å²) in [6.07, 6.45) is 1.70. The fraction of sp³-hybridized carbons (Fsp3) is 0.818. The Labute approximate surface area is 88.0 Å². The van der Waals surface area contributed by atoms with Crippen molar-refractivity contribution in [2.45, 2.75) is 38.5 Å². The van der Waals surface area contributed by atoms with Gasteiger partial charge in [0.1, 0.15) is 12.6 Å². The first-order chi connectivity index (χ1) is 7.00. The van der Waals surface area contributed by atoms with Crippen LogP contribution < -0.4 is 0 Å². The van der Waals surface area contributed by atoms with E-state index in [9.17, 15) is 13.6 Å². The van der Waals surface area contributed by atoms with Crippen LogP contribution in [0.5, 0.6) is 0 Å². The third kappa shape index (κ3) is 2.24. The van der Waals surface area contributed by atoms with Gasteiger partial charge in [-0.1, -0.05) is 6.92 Å². The Morgan fingerprint density at radius 2 is 2.00 bits per heavy atom. The highest BCUT2D eigenvalue weighted by Gasteiger charge is 2.50. The van der Waals surface area contributed by atoms with Crippen molar-refractivity contribution >= 4 is 12.6 Å². The van der Waals surface area contributed by atoms with Crippen LogP contribution in [0.3, 0.4) is 0 Å². The molecule has 4 heteroatoms. The highest BCUT2D eigenvalue weighted by Crippen LogP contribution is 2.49. The van der Waals surface area contributed by atoms with Crippen LogP contribution in [0.25, 0.3) is 0 Å². The van der Waals surface area contributed by atoms with Gasteiger partial charge in [-0.15, -0.1) is 0 Å². The summed E-state index contributed by atoms with van der Waals surface area (Å²) in [6.45, 7) is 3.60. The van der Waals surface area contributed by atoms with Crippen LogP contribution in [0.2, 0.25) is 0 Å². The Bertz CT molecular complexity index is 253. The van der Waals surface area contributed by atoms with Crippen LogP contribution in [0, 0.1) is 17.8 Å². The monoisotopic (exact) mass is 218 g/mol. The minimum atomic E-state index is -2.61. The summed E-state index contributed by atoms with van der Waals surface area (Å²) in [6, 6.07) is 0. The minimum absolute atomic E-state index is 0.0663. The molecular formula is C11H16F2O2. The summed E-state index contributed by atoms with van der Waals surface area (Å²) in [5.41, 5.74) is 0. The highest BCUT2D eigenvalue weighted by molar-refractivity contribution is 5.83. The molecule has 2 aliphatic carbocycles. The van der Waals surface area contributed by atoms with Crippen LogP contribution in [-0.2, 0) is 9.59 Å². The third-order valence-corrected chi connectivity index (χ3v) is 3.61. The molecule has 0 aromatic heterocycles. The lowest BCUT2D eigenvalue weighted by atomic mass is 9.74. The van der Waals surface area contributed by atoms with Gasteiger partial charge in [-0.2, -0.15) is 0 Å². The van der Waals surface area contributed by atoms with E-state index in [1.54, 1.807) is 6.92 Å². The fourth-order valence-corrected chi connectivity index (χ4v) is 2.66. The molecule has 0 bridgehead atoms. The normalized spacial score (nSPS) is 37.8. The van der Waals surface area contributed by atoms with Crippen LogP contribution >= 0.6 is 0 Å². The second kappa shape index (κ2) is 4.37. The molecule has 2 rings (SSSR count). The van der Waals surface area contributed by atoms with Crippen molar-refractivity contribution in [3.63, 3.8) is 0 Å². The number of alkyl halides is 2. The molecule has 2 saturated carbocycles. The average molecular weight is 218 g/mol. The summed E-state index contributed by atoms with van der Waals surface area (Å²) in [7, 11) is 0. The average Bonchev–Trinajstić information content (AvgIpc) is 2.52. The fourth-order valence-electron chi connectivity index (χ4n) is 2.66. The maximum Gasteiger partial charge on any atom is 0.251 e. The molecule has 0 spiro atoms. The quantitative estimate of drug-likeness (QED) is 0.626. The van der Waals surface area contributed by atoms with E-state index in [0.717, 1.165) is 6.42 Å². The first kappa shape index (κ1) is 12.3. The maximum absolute atomic E-state index is 13.3. The Kier molecular flexibility index (Phi) is 3.58. The number of carbonyl (C=O) groups is 2. The van der Waals surface area contributed by atoms with Crippen molar-refractivity contribution in [3.8, 4) is 0 Å². The van der Waals surface area contributed by atoms with Crippen molar-refractivity contribution in [1.29, 1.82) is 0 Å². The first-order valence-corrected chi connectivity index (χ1v) is 5.20.